The average Bonchev–Trinajstić information content (AvgIpc) is 3.20. The number of ether oxygens (including phenoxy) is 1. The Hall–Kier alpha value is -3.04. The quantitative estimate of drug-likeness (QED) is 0.423. The van der Waals surface area contributed by atoms with Crippen molar-refractivity contribution in [2.45, 2.75) is 17.7 Å². The van der Waals surface area contributed by atoms with Gasteiger partial charge < -0.3 is 15.4 Å². The zero-order chi connectivity index (χ0) is 21.3. The highest BCUT2D eigenvalue weighted by molar-refractivity contribution is 7.98. The van der Waals surface area contributed by atoms with Gasteiger partial charge in [-0.05, 0) is 49.1 Å². The lowest BCUT2D eigenvalue weighted by atomic mass is 10.2. The second kappa shape index (κ2) is 10.7. The number of hydrogen-bond acceptors (Lipinski definition) is 6. The van der Waals surface area contributed by atoms with Crippen molar-refractivity contribution >= 4 is 51.5 Å². The van der Waals surface area contributed by atoms with Crippen molar-refractivity contribution in [2.24, 2.45) is 0 Å². The van der Waals surface area contributed by atoms with Gasteiger partial charge in [0.2, 0.25) is 5.91 Å². The minimum atomic E-state index is -0.382. The van der Waals surface area contributed by atoms with Gasteiger partial charge in [0.1, 0.15) is 5.75 Å². The number of benzene rings is 2. The first-order valence-electron chi connectivity index (χ1n) is 9.16. The second-order valence-electron chi connectivity index (χ2n) is 6.20. The number of nitrogens with one attached hydrogen (secondary N) is 3. The SMILES string of the molecule is COc1ccc(NC(=O)Nc2nc(CCC(=O)Nc3ccccc3SC)cs2)cc1. The summed E-state index contributed by atoms with van der Waals surface area (Å²) >= 11 is 2.90. The fourth-order valence-electron chi connectivity index (χ4n) is 2.62. The van der Waals surface area contributed by atoms with E-state index in [4.69, 9.17) is 4.74 Å². The molecule has 0 saturated heterocycles. The Morgan fingerprint density at radius 2 is 1.83 bits per heavy atom. The number of urea groups is 1. The van der Waals surface area contributed by atoms with Gasteiger partial charge in [0.15, 0.2) is 5.13 Å². The molecule has 1 heterocycles. The third kappa shape index (κ3) is 6.23. The van der Waals surface area contributed by atoms with Gasteiger partial charge in [-0.3, -0.25) is 10.1 Å². The Balaban J connectivity index is 1.47. The van der Waals surface area contributed by atoms with E-state index in [2.05, 4.69) is 20.9 Å². The van der Waals surface area contributed by atoms with Crippen molar-refractivity contribution in [3.63, 3.8) is 0 Å². The number of aromatic nitrogens is 1. The summed E-state index contributed by atoms with van der Waals surface area (Å²) in [6.07, 6.45) is 2.77. The minimum absolute atomic E-state index is 0.0729. The molecule has 0 unspecified atom stereocenters. The first-order valence-corrected chi connectivity index (χ1v) is 11.3. The molecule has 3 aromatic rings. The maximum atomic E-state index is 12.3. The van der Waals surface area contributed by atoms with Gasteiger partial charge in [0.05, 0.1) is 18.5 Å². The van der Waals surface area contributed by atoms with Crippen molar-refractivity contribution < 1.29 is 14.3 Å². The molecule has 0 spiro atoms. The zero-order valence-electron chi connectivity index (χ0n) is 16.6. The molecule has 0 aliphatic heterocycles. The van der Waals surface area contributed by atoms with E-state index in [9.17, 15) is 9.59 Å². The van der Waals surface area contributed by atoms with Crippen LogP contribution >= 0.6 is 23.1 Å². The molecule has 1 aromatic heterocycles. The number of nitrogens with zero attached hydrogens (tertiary/aromatic N) is 1. The number of rotatable bonds is 8. The summed E-state index contributed by atoms with van der Waals surface area (Å²) in [5.74, 6) is 0.641. The van der Waals surface area contributed by atoms with Crippen LogP contribution in [0.4, 0.5) is 21.3 Å². The van der Waals surface area contributed by atoms with Crippen LogP contribution < -0.4 is 20.7 Å². The van der Waals surface area contributed by atoms with Crippen LogP contribution in [0.1, 0.15) is 12.1 Å². The average molecular weight is 443 g/mol. The summed E-state index contributed by atoms with van der Waals surface area (Å²) in [5.41, 5.74) is 2.21. The molecule has 3 amide bonds. The summed E-state index contributed by atoms with van der Waals surface area (Å²) in [7, 11) is 1.59. The number of para-hydroxylation sites is 1. The molecular weight excluding hydrogens is 420 g/mol. The van der Waals surface area contributed by atoms with E-state index in [0.29, 0.717) is 29.4 Å². The van der Waals surface area contributed by atoms with Crippen LogP contribution in [-0.2, 0) is 11.2 Å². The molecule has 7 nitrogen and oxygen atoms in total. The van der Waals surface area contributed by atoms with E-state index in [1.165, 1.54) is 11.3 Å². The van der Waals surface area contributed by atoms with Gasteiger partial charge in [-0.2, -0.15) is 0 Å². The lowest BCUT2D eigenvalue weighted by Gasteiger charge is -2.08. The maximum absolute atomic E-state index is 12.3. The Morgan fingerprint density at radius 1 is 1.07 bits per heavy atom. The van der Waals surface area contributed by atoms with Crippen LogP contribution in [0.5, 0.6) is 5.75 Å². The lowest BCUT2D eigenvalue weighted by Crippen LogP contribution is -2.19. The Labute approximate surface area is 183 Å². The van der Waals surface area contributed by atoms with Crippen LogP contribution in [-0.4, -0.2) is 30.3 Å². The third-order valence-electron chi connectivity index (χ3n) is 4.11. The molecule has 3 N–H and O–H groups in total. The predicted molar refractivity (Wildman–Crippen MR) is 123 cm³/mol. The number of thioether (sulfide) groups is 1. The van der Waals surface area contributed by atoms with Gasteiger partial charge in [0.25, 0.3) is 0 Å². The number of carbonyl (C=O) groups is 2. The van der Waals surface area contributed by atoms with Crippen molar-refractivity contribution in [1.29, 1.82) is 0 Å². The number of aryl methyl sites for hydroxylation is 1. The van der Waals surface area contributed by atoms with E-state index < -0.39 is 0 Å². The molecule has 0 fully saturated rings. The highest BCUT2D eigenvalue weighted by Crippen LogP contribution is 2.25. The van der Waals surface area contributed by atoms with Gasteiger partial charge >= 0.3 is 6.03 Å². The summed E-state index contributed by atoms with van der Waals surface area (Å²) < 4.78 is 5.09. The van der Waals surface area contributed by atoms with Crippen LogP contribution in [0.15, 0.2) is 58.8 Å². The Morgan fingerprint density at radius 3 is 2.57 bits per heavy atom. The molecule has 0 radical (unpaired) electrons. The number of thiazole rings is 1. The molecule has 9 heteroatoms. The third-order valence-corrected chi connectivity index (χ3v) is 5.71. The largest absolute Gasteiger partial charge is 0.497 e. The topological polar surface area (TPSA) is 92.3 Å². The molecule has 3 rings (SSSR count). The highest BCUT2D eigenvalue weighted by Gasteiger charge is 2.10. The lowest BCUT2D eigenvalue weighted by molar-refractivity contribution is -0.116. The Kier molecular flexibility index (Phi) is 7.69. The molecule has 2 aromatic carbocycles. The van der Waals surface area contributed by atoms with Crippen LogP contribution in [0.2, 0.25) is 0 Å². The first-order chi connectivity index (χ1) is 14.6. The van der Waals surface area contributed by atoms with Crippen molar-refractivity contribution in [2.75, 3.05) is 29.3 Å². The van der Waals surface area contributed by atoms with E-state index in [1.54, 1.807) is 43.1 Å². The van der Waals surface area contributed by atoms with E-state index in [0.717, 1.165) is 16.3 Å². The second-order valence-corrected chi connectivity index (χ2v) is 7.91. The molecule has 30 heavy (non-hydrogen) atoms. The molecule has 0 saturated carbocycles. The fraction of sp³-hybridized carbons (Fsp3) is 0.190. The van der Waals surface area contributed by atoms with Gasteiger partial charge in [0, 0.05) is 22.4 Å². The number of methoxy groups -OCH3 is 1. The number of carbonyl (C=O) groups excluding carboxylic acids is 2. The van der Waals surface area contributed by atoms with E-state index in [-0.39, 0.29) is 11.9 Å². The maximum Gasteiger partial charge on any atom is 0.325 e. The smallest absolute Gasteiger partial charge is 0.325 e. The standard InChI is InChI=1S/C21H22N4O3S2/c1-28-16-10-7-14(8-11-16)22-20(27)25-21-23-15(13-30-21)9-12-19(26)24-17-5-3-4-6-18(17)29-2/h3-8,10-11,13H,9,12H2,1-2H3,(H,24,26)(H2,22,23,25,27). The molecule has 0 aliphatic carbocycles. The first kappa shape index (κ1) is 21.7. The number of hydrogen-bond donors (Lipinski definition) is 3. The van der Waals surface area contributed by atoms with Crippen molar-refractivity contribution in [3.05, 3.63) is 59.6 Å². The molecule has 0 atom stereocenters. The fourth-order valence-corrected chi connectivity index (χ4v) is 3.91. The monoisotopic (exact) mass is 442 g/mol. The van der Waals surface area contributed by atoms with Crippen molar-refractivity contribution in [1.82, 2.24) is 4.98 Å². The molecule has 0 aliphatic rings. The minimum Gasteiger partial charge on any atom is -0.497 e. The molecule has 0 bridgehead atoms. The van der Waals surface area contributed by atoms with Gasteiger partial charge in [-0.15, -0.1) is 23.1 Å². The number of anilines is 3. The molecular formula is C21H22N4O3S2. The molecule has 156 valence electrons. The van der Waals surface area contributed by atoms with Gasteiger partial charge in [-0.1, -0.05) is 12.1 Å². The van der Waals surface area contributed by atoms with Crippen molar-refractivity contribution in [3.8, 4) is 5.75 Å². The van der Waals surface area contributed by atoms with E-state index in [1.807, 2.05) is 35.9 Å². The predicted octanol–water partition coefficient (Wildman–Crippen LogP) is 5.09. The Bertz CT molecular complexity index is 1010. The van der Waals surface area contributed by atoms with Crippen LogP contribution in [0, 0.1) is 0 Å². The highest BCUT2D eigenvalue weighted by atomic mass is 32.2. The summed E-state index contributed by atoms with van der Waals surface area (Å²) in [6.45, 7) is 0. The normalized spacial score (nSPS) is 10.3. The van der Waals surface area contributed by atoms with E-state index >= 15 is 0 Å². The van der Waals surface area contributed by atoms with Crippen LogP contribution in [0.25, 0.3) is 0 Å². The van der Waals surface area contributed by atoms with Crippen LogP contribution in [0.3, 0.4) is 0 Å². The number of amides is 3. The van der Waals surface area contributed by atoms with Gasteiger partial charge in [-0.25, -0.2) is 9.78 Å². The summed E-state index contributed by atoms with van der Waals surface area (Å²) in [5, 5.41) is 10.7. The summed E-state index contributed by atoms with van der Waals surface area (Å²) in [4.78, 5) is 29.8. The summed E-state index contributed by atoms with van der Waals surface area (Å²) in [6, 6.07) is 14.3. The zero-order valence-corrected chi connectivity index (χ0v) is 18.2.